The van der Waals surface area contributed by atoms with E-state index in [0.717, 1.165) is 29.8 Å². The Morgan fingerprint density at radius 3 is 2.31 bits per heavy atom. The molecule has 0 heterocycles. The van der Waals surface area contributed by atoms with E-state index in [1.807, 2.05) is 13.8 Å². The Kier molecular flexibility index (Phi) is 20.0. The van der Waals surface area contributed by atoms with E-state index < -0.39 is 25.9 Å². The van der Waals surface area contributed by atoms with Crippen LogP contribution in [0.5, 0.6) is 0 Å². The lowest BCUT2D eigenvalue weighted by Gasteiger charge is -2.25. The molecule has 1 rings (SSSR count). The fraction of sp³-hybridized carbons (Fsp3) is 0.963. The summed E-state index contributed by atoms with van der Waals surface area (Å²) >= 11 is 4.40. The number of rotatable bonds is 23. The quantitative estimate of drug-likeness (QED) is 0.0947. The van der Waals surface area contributed by atoms with Gasteiger partial charge in [0.1, 0.15) is 6.61 Å². The first kappa shape index (κ1) is 34.2. The number of carbonyl (C=O) groups is 1. The summed E-state index contributed by atoms with van der Waals surface area (Å²) in [6.07, 6.45) is 18.2. The van der Waals surface area contributed by atoms with Gasteiger partial charge in [0.15, 0.2) is 0 Å². The van der Waals surface area contributed by atoms with E-state index in [9.17, 15) is 19.4 Å². The Balaban J connectivity index is 2.03. The highest BCUT2D eigenvalue weighted by Crippen LogP contribution is 2.38. The van der Waals surface area contributed by atoms with Gasteiger partial charge >= 0.3 is 19.3 Å². The predicted molar refractivity (Wildman–Crippen MR) is 155 cm³/mol. The number of ether oxygens (including phenoxy) is 2. The summed E-state index contributed by atoms with van der Waals surface area (Å²) in [5.41, 5.74) is 0. The summed E-state index contributed by atoms with van der Waals surface area (Å²) < 4.78 is 22.6. The Labute approximate surface area is 229 Å². The Hall–Kier alpha value is 0.150. The second-order valence-electron chi connectivity index (χ2n) is 10.1. The van der Waals surface area contributed by atoms with Crippen LogP contribution in [-0.4, -0.2) is 62.6 Å². The lowest BCUT2D eigenvalue weighted by molar-refractivity contribution is -0.163. The van der Waals surface area contributed by atoms with Gasteiger partial charge in [0, 0.05) is 10.5 Å². The maximum absolute atomic E-state index is 11.7. The molecular formula is C27H52O6PS2+. The van der Waals surface area contributed by atoms with Crippen molar-refractivity contribution in [3.63, 3.8) is 0 Å². The molecule has 1 saturated carbocycles. The second-order valence-corrected chi connectivity index (χ2v) is 14.2. The highest BCUT2D eigenvalue weighted by molar-refractivity contribution is 8.00. The molecule has 1 fully saturated rings. The molecule has 0 spiro atoms. The lowest BCUT2D eigenvalue weighted by atomic mass is 10.0. The topological polar surface area (TPSA) is 93.1 Å². The molecule has 0 saturated heterocycles. The molecule has 0 aromatic heterocycles. The van der Waals surface area contributed by atoms with Gasteiger partial charge in [-0.25, -0.2) is 4.79 Å². The first-order valence-corrected chi connectivity index (χ1v) is 17.5. The fourth-order valence-electron chi connectivity index (χ4n) is 4.47. The van der Waals surface area contributed by atoms with Gasteiger partial charge in [-0.1, -0.05) is 65.2 Å². The molecule has 36 heavy (non-hydrogen) atoms. The zero-order chi connectivity index (χ0) is 26.7. The third-order valence-electron chi connectivity index (χ3n) is 6.88. The number of thioether (sulfide) groups is 2. The SMILES string of the molecule is CCCOC(COC(C)CCCCCCCCSCCC(CC)SC1CCCCC1)(C(=O)O)[P+](=O)O. The van der Waals surface area contributed by atoms with Crippen molar-refractivity contribution in [2.45, 2.75) is 139 Å². The molecule has 0 aromatic carbocycles. The summed E-state index contributed by atoms with van der Waals surface area (Å²) in [4.78, 5) is 21.1. The average Bonchev–Trinajstić information content (AvgIpc) is 2.86. The smallest absolute Gasteiger partial charge is 0.476 e. The van der Waals surface area contributed by atoms with Crippen LogP contribution in [0.15, 0.2) is 0 Å². The van der Waals surface area contributed by atoms with E-state index in [0.29, 0.717) is 6.42 Å². The summed E-state index contributed by atoms with van der Waals surface area (Å²) in [7, 11) is -3.07. The van der Waals surface area contributed by atoms with Gasteiger partial charge in [0.05, 0.1) is 12.7 Å². The first-order valence-electron chi connectivity index (χ1n) is 14.2. The molecule has 0 radical (unpaired) electrons. The number of hydrogen-bond donors (Lipinski definition) is 2. The van der Waals surface area contributed by atoms with E-state index in [1.165, 1.54) is 82.1 Å². The van der Waals surface area contributed by atoms with Crippen molar-refractivity contribution in [2.24, 2.45) is 0 Å². The standard InChI is InChI=1S/C27H51O6PS2/c1-4-19-33-27(26(28)29,34(30)31)22-32-23(3)15-11-8-6-7-9-14-20-35-21-18-24(5-2)36-25-16-12-10-13-17-25/h23-25H,4-22H2,1-3H3,(H-,28,29,30,31)/p+1. The largest absolute Gasteiger partial charge is 0.556 e. The number of hydrogen-bond acceptors (Lipinski definition) is 6. The molecule has 0 aliphatic heterocycles. The van der Waals surface area contributed by atoms with Gasteiger partial charge in [-0.15, -0.1) is 0 Å². The van der Waals surface area contributed by atoms with Crippen LogP contribution in [0.3, 0.4) is 0 Å². The van der Waals surface area contributed by atoms with Gasteiger partial charge < -0.3 is 14.6 Å². The molecule has 0 amide bonds. The van der Waals surface area contributed by atoms with Crippen molar-refractivity contribution in [1.82, 2.24) is 0 Å². The van der Waals surface area contributed by atoms with Gasteiger partial charge in [-0.05, 0) is 67.9 Å². The molecule has 0 bridgehead atoms. The van der Waals surface area contributed by atoms with Crippen LogP contribution in [0.2, 0.25) is 0 Å². The van der Waals surface area contributed by atoms with E-state index >= 15 is 0 Å². The molecule has 0 aromatic rings. The molecular weight excluding hydrogens is 515 g/mol. The summed E-state index contributed by atoms with van der Waals surface area (Å²) in [5, 5.41) is 9.04. The number of carboxylic acids is 1. The van der Waals surface area contributed by atoms with Gasteiger partial charge in [-0.2, -0.15) is 28.4 Å². The van der Waals surface area contributed by atoms with Crippen LogP contribution >= 0.6 is 31.6 Å². The third kappa shape index (κ3) is 14.3. The highest BCUT2D eigenvalue weighted by atomic mass is 32.2. The molecule has 1 aliphatic carbocycles. The molecule has 4 unspecified atom stereocenters. The van der Waals surface area contributed by atoms with Gasteiger partial charge in [0.25, 0.3) is 0 Å². The fourth-order valence-corrected chi connectivity index (χ4v) is 7.83. The minimum Gasteiger partial charge on any atom is -0.476 e. The second kappa shape index (κ2) is 21.0. The van der Waals surface area contributed by atoms with Crippen LogP contribution in [0.1, 0.15) is 117 Å². The molecule has 212 valence electrons. The maximum Gasteiger partial charge on any atom is 0.556 e. The molecule has 9 heteroatoms. The van der Waals surface area contributed by atoms with E-state index in [1.54, 1.807) is 0 Å². The normalized spacial score (nSPS) is 18.5. The van der Waals surface area contributed by atoms with Crippen molar-refractivity contribution in [1.29, 1.82) is 0 Å². The number of carboxylic acid groups (broad SMARTS) is 1. The van der Waals surface area contributed by atoms with Crippen molar-refractivity contribution in [2.75, 3.05) is 24.7 Å². The highest BCUT2D eigenvalue weighted by Gasteiger charge is 2.59. The first-order chi connectivity index (χ1) is 17.4. The molecule has 4 atom stereocenters. The van der Waals surface area contributed by atoms with Crippen LogP contribution in [0.25, 0.3) is 0 Å². The van der Waals surface area contributed by atoms with Crippen LogP contribution < -0.4 is 0 Å². The molecule has 1 aliphatic rings. The van der Waals surface area contributed by atoms with E-state index in [2.05, 4.69) is 30.4 Å². The van der Waals surface area contributed by atoms with Crippen molar-refractivity contribution >= 4 is 37.5 Å². The van der Waals surface area contributed by atoms with Crippen LogP contribution in [0.4, 0.5) is 0 Å². The van der Waals surface area contributed by atoms with Crippen molar-refractivity contribution < 1.29 is 28.8 Å². The number of unbranched alkanes of at least 4 members (excludes halogenated alkanes) is 5. The Bertz CT molecular complexity index is 575. The minimum absolute atomic E-state index is 0.100. The van der Waals surface area contributed by atoms with Crippen LogP contribution in [-0.2, 0) is 18.8 Å². The minimum atomic E-state index is -3.07. The maximum atomic E-state index is 11.7. The molecule has 6 nitrogen and oxygen atoms in total. The van der Waals surface area contributed by atoms with Gasteiger partial charge in [-0.3, -0.25) is 0 Å². The number of aliphatic carboxylic acids is 1. The van der Waals surface area contributed by atoms with E-state index in [4.69, 9.17) is 9.47 Å². The Morgan fingerprint density at radius 1 is 1.03 bits per heavy atom. The zero-order valence-electron chi connectivity index (χ0n) is 23.0. The summed E-state index contributed by atoms with van der Waals surface area (Å²) in [6, 6.07) is 0. The van der Waals surface area contributed by atoms with Crippen molar-refractivity contribution in [3.05, 3.63) is 0 Å². The van der Waals surface area contributed by atoms with Crippen molar-refractivity contribution in [3.8, 4) is 0 Å². The predicted octanol–water partition coefficient (Wildman–Crippen LogP) is 8.03. The zero-order valence-corrected chi connectivity index (χ0v) is 25.5. The Morgan fingerprint density at radius 2 is 1.69 bits per heavy atom. The third-order valence-corrected chi connectivity index (χ3v) is 10.9. The van der Waals surface area contributed by atoms with Gasteiger partial charge in [0.2, 0.25) is 0 Å². The molecule has 2 N–H and O–H groups in total. The average molecular weight is 568 g/mol. The lowest BCUT2D eigenvalue weighted by Crippen LogP contribution is -2.44. The summed E-state index contributed by atoms with van der Waals surface area (Å²) in [6.45, 7) is 5.74. The van der Waals surface area contributed by atoms with Crippen LogP contribution in [0, 0.1) is 0 Å². The monoisotopic (exact) mass is 567 g/mol. The summed E-state index contributed by atoms with van der Waals surface area (Å²) in [5.74, 6) is 1.12. The van der Waals surface area contributed by atoms with E-state index in [-0.39, 0.29) is 12.7 Å².